The number of fused-ring (bicyclic) bond motifs is 1. The quantitative estimate of drug-likeness (QED) is 0.322. The second kappa shape index (κ2) is 9.15. The fourth-order valence-corrected chi connectivity index (χ4v) is 4.77. The van der Waals surface area contributed by atoms with Crippen LogP contribution >= 0.6 is 11.8 Å². The number of hydrogen-bond acceptors (Lipinski definition) is 6. The van der Waals surface area contributed by atoms with Crippen molar-refractivity contribution >= 4 is 45.4 Å². The summed E-state index contributed by atoms with van der Waals surface area (Å²) < 4.78 is 26.3. The first kappa shape index (κ1) is 20.2. The Balaban J connectivity index is 1.52. The summed E-state index contributed by atoms with van der Waals surface area (Å²) >= 11 is 1.44. The fourth-order valence-electron chi connectivity index (χ4n) is 2.88. The maximum Gasteiger partial charge on any atom is 0.338 e. The van der Waals surface area contributed by atoms with E-state index in [4.69, 9.17) is 9.15 Å². The van der Waals surface area contributed by atoms with E-state index in [1.165, 1.54) is 18.9 Å². The number of carbonyl (C=O) groups is 1. The molecular weight excluding hydrogens is 420 g/mol. The van der Waals surface area contributed by atoms with Gasteiger partial charge in [0.1, 0.15) is 10.6 Å². The van der Waals surface area contributed by atoms with Gasteiger partial charge in [0.25, 0.3) is 0 Å². The van der Waals surface area contributed by atoms with Crippen molar-refractivity contribution in [2.75, 3.05) is 11.8 Å². The molecule has 2 aromatic carbocycles. The number of methoxy groups -OCH3 is 1. The van der Waals surface area contributed by atoms with Crippen molar-refractivity contribution in [3.8, 4) is 0 Å². The topological polar surface area (TPSA) is 81.4 Å². The molecule has 0 aliphatic heterocycles. The second-order valence-corrected chi connectivity index (χ2v) is 8.38. The number of aromatic nitrogens is 1. The van der Waals surface area contributed by atoms with Gasteiger partial charge in [-0.1, -0.05) is 48.2 Å². The van der Waals surface area contributed by atoms with E-state index in [0.29, 0.717) is 32.7 Å². The number of hydrogen-bond donors (Lipinski definition) is 1. The lowest BCUT2D eigenvalue weighted by atomic mass is 10.1. The molecule has 0 aliphatic rings. The van der Waals surface area contributed by atoms with Gasteiger partial charge < -0.3 is 9.15 Å². The summed E-state index contributed by atoms with van der Waals surface area (Å²) in [5.74, 6) is 0.130. The highest BCUT2D eigenvalue weighted by atomic mass is 32.2. The summed E-state index contributed by atoms with van der Waals surface area (Å²) in [6, 6.07) is 20.1. The average Bonchev–Trinajstić information content (AvgIpc) is 3.23. The molecule has 6 nitrogen and oxygen atoms in total. The van der Waals surface area contributed by atoms with Crippen molar-refractivity contribution in [2.24, 2.45) is 0 Å². The van der Waals surface area contributed by atoms with Crippen LogP contribution in [0.5, 0.6) is 0 Å². The standard InChI is InChI=1S/C22H18N2O4S2/c1-27-22(25)17-9-4-2-8-16(17)14-29-21-18(10-6-12-23-21)24-30(26)20-13-15-7-3-5-11-19(15)28-20/h2-13,24H,14H2,1H3. The molecule has 4 rings (SSSR count). The van der Waals surface area contributed by atoms with Crippen molar-refractivity contribution in [3.05, 3.63) is 84.1 Å². The van der Waals surface area contributed by atoms with Gasteiger partial charge in [0.15, 0.2) is 11.0 Å². The summed E-state index contributed by atoms with van der Waals surface area (Å²) in [6.07, 6.45) is 1.67. The van der Waals surface area contributed by atoms with Gasteiger partial charge in [0.05, 0.1) is 18.4 Å². The van der Waals surface area contributed by atoms with Crippen LogP contribution in [0.4, 0.5) is 5.69 Å². The summed E-state index contributed by atoms with van der Waals surface area (Å²) in [5, 5.41) is 1.90. The molecule has 8 heteroatoms. The molecule has 4 aromatic rings. The summed E-state index contributed by atoms with van der Waals surface area (Å²) in [7, 11) is -0.221. The Bertz CT molecular complexity index is 1190. The molecule has 0 radical (unpaired) electrons. The van der Waals surface area contributed by atoms with E-state index >= 15 is 0 Å². The molecule has 0 saturated heterocycles. The van der Waals surface area contributed by atoms with Gasteiger partial charge >= 0.3 is 5.97 Å². The van der Waals surface area contributed by atoms with Gasteiger partial charge in [0.2, 0.25) is 5.09 Å². The third-order valence-corrected chi connectivity index (χ3v) is 6.37. The van der Waals surface area contributed by atoms with Crippen LogP contribution in [0.15, 0.2) is 87.5 Å². The monoisotopic (exact) mass is 438 g/mol. The van der Waals surface area contributed by atoms with Gasteiger partial charge in [-0.25, -0.2) is 14.0 Å². The molecule has 0 saturated carbocycles. The molecular formula is C22H18N2O4S2. The molecule has 30 heavy (non-hydrogen) atoms. The lowest BCUT2D eigenvalue weighted by molar-refractivity contribution is 0.0600. The van der Waals surface area contributed by atoms with Crippen LogP contribution in [0.25, 0.3) is 11.0 Å². The van der Waals surface area contributed by atoms with E-state index in [2.05, 4.69) is 9.71 Å². The number of esters is 1. The van der Waals surface area contributed by atoms with Crippen molar-refractivity contribution in [1.29, 1.82) is 0 Å². The zero-order valence-corrected chi connectivity index (χ0v) is 17.7. The maximum absolute atomic E-state index is 12.8. The van der Waals surface area contributed by atoms with Crippen LogP contribution < -0.4 is 4.72 Å². The first-order valence-electron chi connectivity index (χ1n) is 9.07. The summed E-state index contributed by atoms with van der Waals surface area (Å²) in [6.45, 7) is 0. The molecule has 0 bridgehead atoms. The zero-order valence-electron chi connectivity index (χ0n) is 16.0. The normalized spacial score (nSPS) is 11.9. The number of anilines is 1. The minimum atomic E-state index is -1.58. The molecule has 2 aromatic heterocycles. The molecule has 0 aliphatic carbocycles. The first-order valence-corrected chi connectivity index (χ1v) is 11.2. The van der Waals surface area contributed by atoms with Gasteiger partial charge in [-0.15, -0.1) is 0 Å². The number of pyridine rings is 1. The van der Waals surface area contributed by atoms with Crippen molar-refractivity contribution in [1.82, 2.24) is 4.98 Å². The number of ether oxygens (including phenoxy) is 1. The number of nitrogens with zero attached hydrogens (tertiary/aromatic N) is 1. The van der Waals surface area contributed by atoms with Crippen LogP contribution in [-0.4, -0.2) is 22.3 Å². The predicted molar refractivity (Wildman–Crippen MR) is 118 cm³/mol. The molecule has 1 N–H and O–H groups in total. The SMILES string of the molecule is COC(=O)c1ccccc1CSc1ncccc1NS(=O)c1cc2ccccc2o1. The van der Waals surface area contributed by atoms with Crippen LogP contribution in [0, 0.1) is 0 Å². The highest BCUT2D eigenvalue weighted by Gasteiger charge is 2.15. The highest BCUT2D eigenvalue weighted by molar-refractivity contribution is 7.98. The van der Waals surface area contributed by atoms with Crippen LogP contribution in [0.3, 0.4) is 0 Å². The molecule has 0 fully saturated rings. The Hall–Kier alpha value is -3.10. The molecule has 2 heterocycles. The third kappa shape index (κ3) is 4.39. The number of carbonyl (C=O) groups excluding carboxylic acids is 1. The lowest BCUT2D eigenvalue weighted by Crippen LogP contribution is -2.06. The van der Waals surface area contributed by atoms with Gasteiger partial charge in [0, 0.05) is 23.4 Å². The minimum absolute atomic E-state index is 0.340. The smallest absolute Gasteiger partial charge is 0.338 e. The summed E-state index contributed by atoms with van der Waals surface area (Å²) in [4.78, 5) is 16.4. The maximum atomic E-state index is 12.8. The predicted octanol–water partition coefficient (Wildman–Crippen LogP) is 5.04. The number of furan rings is 1. The first-order chi connectivity index (χ1) is 14.7. The number of thioether (sulfide) groups is 1. The van der Waals surface area contributed by atoms with E-state index < -0.39 is 11.0 Å². The van der Waals surface area contributed by atoms with E-state index in [9.17, 15) is 9.00 Å². The van der Waals surface area contributed by atoms with E-state index in [1.54, 1.807) is 30.5 Å². The Morgan fingerprint density at radius 3 is 2.77 bits per heavy atom. The number of benzene rings is 2. The van der Waals surface area contributed by atoms with E-state index in [1.807, 2.05) is 42.5 Å². The summed E-state index contributed by atoms with van der Waals surface area (Å²) in [5.41, 5.74) is 2.66. The average molecular weight is 439 g/mol. The van der Waals surface area contributed by atoms with Crippen LogP contribution in [0.2, 0.25) is 0 Å². The van der Waals surface area contributed by atoms with Crippen LogP contribution in [-0.2, 0) is 21.5 Å². The molecule has 1 atom stereocenters. The Labute approximate surface area is 180 Å². The Kier molecular flexibility index (Phi) is 6.15. The second-order valence-electron chi connectivity index (χ2n) is 6.27. The largest absolute Gasteiger partial charge is 0.465 e. The minimum Gasteiger partial charge on any atom is -0.465 e. The molecule has 152 valence electrons. The lowest BCUT2D eigenvalue weighted by Gasteiger charge is -2.10. The highest BCUT2D eigenvalue weighted by Crippen LogP contribution is 2.30. The Morgan fingerprint density at radius 1 is 1.13 bits per heavy atom. The molecule has 0 spiro atoms. The molecule has 0 amide bonds. The van der Waals surface area contributed by atoms with Crippen molar-refractivity contribution < 1.29 is 18.2 Å². The van der Waals surface area contributed by atoms with Gasteiger partial charge in [-0.05, 0) is 29.8 Å². The number of rotatable bonds is 7. The van der Waals surface area contributed by atoms with Gasteiger partial charge in [-0.2, -0.15) is 0 Å². The zero-order chi connectivity index (χ0) is 20.9. The van der Waals surface area contributed by atoms with E-state index in [0.717, 1.165) is 10.9 Å². The fraction of sp³-hybridized carbons (Fsp3) is 0.0909. The third-order valence-electron chi connectivity index (χ3n) is 4.35. The number of para-hydroxylation sites is 1. The van der Waals surface area contributed by atoms with E-state index in [-0.39, 0.29) is 5.97 Å². The van der Waals surface area contributed by atoms with Gasteiger partial charge in [-0.3, -0.25) is 4.72 Å². The number of nitrogens with one attached hydrogen (secondary N) is 1. The van der Waals surface area contributed by atoms with Crippen LogP contribution in [0.1, 0.15) is 15.9 Å². The van der Waals surface area contributed by atoms with Crippen molar-refractivity contribution in [2.45, 2.75) is 15.9 Å². The van der Waals surface area contributed by atoms with Crippen molar-refractivity contribution in [3.63, 3.8) is 0 Å². The Morgan fingerprint density at radius 2 is 1.93 bits per heavy atom. The molecule has 1 unspecified atom stereocenters.